The highest BCUT2D eigenvalue weighted by molar-refractivity contribution is 6.20. The number of rotatable bonds is 5. The number of hydrogen-bond acceptors (Lipinski definition) is 4. The van der Waals surface area contributed by atoms with Gasteiger partial charge in [-0.1, -0.05) is 166 Å². The van der Waals surface area contributed by atoms with Gasteiger partial charge in [0, 0.05) is 38.4 Å². The molecule has 3 heterocycles. The molecular weight excluding hydrogens is 683 g/mol. The van der Waals surface area contributed by atoms with E-state index in [0.29, 0.717) is 11.5 Å². The van der Waals surface area contributed by atoms with Gasteiger partial charge in [-0.05, 0) is 63.0 Å². The lowest BCUT2D eigenvalue weighted by Crippen LogP contribution is -2.15. The predicted molar refractivity (Wildman–Crippen MR) is 229 cm³/mol. The summed E-state index contributed by atoms with van der Waals surface area (Å²) in [4.78, 5) is 15.7. The summed E-state index contributed by atoms with van der Waals surface area (Å²) in [5.74, 6) is 0.698. The van der Waals surface area contributed by atoms with Gasteiger partial charge in [0.2, 0.25) is 5.71 Å². The third-order valence-electron chi connectivity index (χ3n) is 11.5. The largest absolute Gasteiger partial charge is 0.438 e. The van der Waals surface area contributed by atoms with Crippen LogP contribution in [0.3, 0.4) is 0 Å². The summed E-state index contributed by atoms with van der Waals surface area (Å²) in [6.07, 6.45) is 0. The van der Waals surface area contributed by atoms with Crippen molar-refractivity contribution >= 4 is 32.8 Å². The molecule has 0 unspecified atom stereocenters. The molecule has 0 saturated carbocycles. The molecule has 7 aromatic carbocycles. The van der Waals surface area contributed by atoms with Gasteiger partial charge in [-0.15, -0.1) is 0 Å². The van der Waals surface area contributed by atoms with Gasteiger partial charge in [-0.2, -0.15) is 0 Å². The number of fused-ring (bicyclic) bond motifs is 8. The fourth-order valence-electron chi connectivity index (χ4n) is 8.66. The van der Waals surface area contributed by atoms with Gasteiger partial charge in [0.05, 0.1) is 22.5 Å². The molecule has 0 aliphatic heterocycles. The van der Waals surface area contributed by atoms with Crippen molar-refractivity contribution in [2.24, 2.45) is 0 Å². The first-order chi connectivity index (χ1) is 27.5. The summed E-state index contributed by atoms with van der Waals surface area (Å²) in [5.41, 5.74) is 15.6. The van der Waals surface area contributed by atoms with Crippen LogP contribution < -0.4 is 0 Å². The molecule has 1 aliphatic carbocycles. The summed E-state index contributed by atoms with van der Waals surface area (Å²) in [6.45, 7) is 4.62. The van der Waals surface area contributed by atoms with Gasteiger partial charge >= 0.3 is 0 Å². The number of nitrogens with zero attached hydrogens (tertiary/aromatic N) is 3. The number of furan rings is 1. The molecule has 0 radical (unpaired) electrons. The van der Waals surface area contributed by atoms with E-state index in [0.717, 1.165) is 72.0 Å². The van der Waals surface area contributed by atoms with E-state index in [1.54, 1.807) is 0 Å². The monoisotopic (exact) mass is 717 g/mol. The van der Waals surface area contributed by atoms with E-state index in [9.17, 15) is 0 Å². The summed E-state index contributed by atoms with van der Waals surface area (Å²) >= 11 is 0. The van der Waals surface area contributed by atoms with Crippen molar-refractivity contribution in [3.05, 3.63) is 187 Å². The molecule has 10 aromatic rings. The van der Waals surface area contributed by atoms with E-state index in [-0.39, 0.29) is 5.41 Å². The Hall–Kier alpha value is -7.17. The number of para-hydroxylation sites is 1. The van der Waals surface area contributed by atoms with Gasteiger partial charge in [0.25, 0.3) is 0 Å². The Morgan fingerprint density at radius 1 is 0.411 bits per heavy atom. The Labute approximate surface area is 324 Å². The Kier molecular flexibility index (Phi) is 7.17. The van der Waals surface area contributed by atoms with E-state index in [4.69, 9.17) is 19.4 Å². The van der Waals surface area contributed by atoms with Crippen LogP contribution in [0.4, 0.5) is 0 Å². The zero-order valence-corrected chi connectivity index (χ0v) is 31.0. The third kappa shape index (κ3) is 5.10. The second kappa shape index (κ2) is 12.4. The third-order valence-corrected chi connectivity index (χ3v) is 11.5. The maximum Gasteiger partial charge on any atom is 0.228 e. The van der Waals surface area contributed by atoms with Crippen LogP contribution in [0.25, 0.3) is 100 Å². The minimum atomic E-state index is -0.133. The number of aromatic nitrogens is 3. The van der Waals surface area contributed by atoms with Gasteiger partial charge < -0.3 is 4.42 Å². The predicted octanol–water partition coefficient (Wildman–Crippen LogP) is 13.6. The second-order valence-corrected chi connectivity index (χ2v) is 15.2. The quantitative estimate of drug-likeness (QED) is 0.178. The van der Waals surface area contributed by atoms with Crippen molar-refractivity contribution in [1.82, 2.24) is 15.0 Å². The SMILES string of the molecule is CC1(C)c2ccccc2-c2ccc(-c3nc(-c4ccc(-c5nc6oc7ccccc7c6c6ccccc56)cc4)cc(-c4cccc(-c5ccccc5)c4)n3)cc21. The van der Waals surface area contributed by atoms with Gasteiger partial charge in [0.1, 0.15) is 5.58 Å². The van der Waals surface area contributed by atoms with Crippen LogP contribution in [0.5, 0.6) is 0 Å². The number of pyridine rings is 1. The normalized spacial score (nSPS) is 13.0. The van der Waals surface area contributed by atoms with Crippen LogP contribution in [-0.2, 0) is 5.41 Å². The van der Waals surface area contributed by atoms with Crippen molar-refractivity contribution in [1.29, 1.82) is 0 Å². The highest BCUT2D eigenvalue weighted by Gasteiger charge is 2.35. The van der Waals surface area contributed by atoms with Crippen LogP contribution >= 0.6 is 0 Å². The van der Waals surface area contributed by atoms with Crippen molar-refractivity contribution in [3.63, 3.8) is 0 Å². The molecule has 3 aromatic heterocycles. The standard InChI is InChI=1S/C52H35N3O/c1-52(2)43-21-10-8-17-38(43)39-28-27-37(30-44(39)52)50-53-45(31-46(54-50)36-16-12-15-35(29-36)32-13-4-3-5-14-32)33-23-25-34(26-24-33)49-41-19-7-6-18-40(41)48-42-20-9-11-22-47(42)56-51(48)55-49/h3-31H,1-2H3. The molecule has 56 heavy (non-hydrogen) atoms. The van der Waals surface area contributed by atoms with Crippen LogP contribution in [0.15, 0.2) is 180 Å². The Bertz CT molecular complexity index is 3160. The number of benzene rings is 7. The first-order valence-corrected chi connectivity index (χ1v) is 19.1. The minimum absolute atomic E-state index is 0.133. The van der Waals surface area contributed by atoms with E-state index in [1.165, 1.54) is 27.8 Å². The Balaban J connectivity index is 1.05. The van der Waals surface area contributed by atoms with Crippen LogP contribution in [0, 0.1) is 0 Å². The maximum absolute atomic E-state index is 6.29. The fourth-order valence-corrected chi connectivity index (χ4v) is 8.66. The minimum Gasteiger partial charge on any atom is -0.438 e. The molecule has 4 nitrogen and oxygen atoms in total. The van der Waals surface area contributed by atoms with Crippen molar-refractivity contribution in [3.8, 4) is 67.4 Å². The highest BCUT2D eigenvalue weighted by Crippen LogP contribution is 2.49. The molecule has 0 amide bonds. The van der Waals surface area contributed by atoms with Crippen LogP contribution in [-0.4, -0.2) is 15.0 Å². The average Bonchev–Trinajstić information content (AvgIpc) is 3.75. The van der Waals surface area contributed by atoms with Crippen molar-refractivity contribution in [2.75, 3.05) is 0 Å². The Morgan fingerprint density at radius 2 is 1.04 bits per heavy atom. The van der Waals surface area contributed by atoms with Gasteiger partial charge in [-0.3, -0.25) is 0 Å². The van der Waals surface area contributed by atoms with Crippen molar-refractivity contribution in [2.45, 2.75) is 19.3 Å². The average molecular weight is 718 g/mol. The van der Waals surface area contributed by atoms with Crippen LogP contribution in [0.2, 0.25) is 0 Å². The lowest BCUT2D eigenvalue weighted by atomic mass is 9.82. The van der Waals surface area contributed by atoms with Crippen LogP contribution in [0.1, 0.15) is 25.0 Å². The lowest BCUT2D eigenvalue weighted by molar-refractivity contribution is 0.655. The summed E-state index contributed by atoms with van der Waals surface area (Å²) in [6, 6.07) is 61.9. The van der Waals surface area contributed by atoms with E-state index >= 15 is 0 Å². The highest BCUT2D eigenvalue weighted by atomic mass is 16.3. The fraction of sp³-hybridized carbons (Fsp3) is 0.0577. The topological polar surface area (TPSA) is 51.8 Å². The van der Waals surface area contributed by atoms with Crippen molar-refractivity contribution < 1.29 is 4.42 Å². The van der Waals surface area contributed by atoms with E-state index in [2.05, 4.69) is 166 Å². The summed E-state index contributed by atoms with van der Waals surface area (Å²) < 4.78 is 6.29. The summed E-state index contributed by atoms with van der Waals surface area (Å²) in [7, 11) is 0. The molecule has 4 heteroatoms. The second-order valence-electron chi connectivity index (χ2n) is 15.2. The molecule has 0 spiro atoms. The van der Waals surface area contributed by atoms with E-state index < -0.39 is 0 Å². The van der Waals surface area contributed by atoms with E-state index in [1.807, 2.05) is 24.3 Å². The molecular formula is C52H35N3O. The maximum atomic E-state index is 6.29. The first-order valence-electron chi connectivity index (χ1n) is 19.1. The lowest BCUT2D eigenvalue weighted by Gasteiger charge is -2.21. The molecule has 1 aliphatic rings. The Morgan fingerprint density at radius 3 is 1.88 bits per heavy atom. The molecule has 0 N–H and O–H groups in total. The molecule has 0 atom stereocenters. The van der Waals surface area contributed by atoms with Gasteiger partial charge in [-0.25, -0.2) is 15.0 Å². The molecule has 11 rings (SSSR count). The summed E-state index contributed by atoms with van der Waals surface area (Å²) in [5, 5.41) is 4.35. The molecule has 264 valence electrons. The number of hydrogen-bond donors (Lipinski definition) is 0. The zero-order chi connectivity index (χ0) is 37.4. The smallest absolute Gasteiger partial charge is 0.228 e. The van der Waals surface area contributed by atoms with Gasteiger partial charge in [0.15, 0.2) is 5.82 Å². The first kappa shape index (κ1) is 32.3. The molecule has 0 saturated heterocycles. The molecule has 0 bridgehead atoms. The molecule has 0 fully saturated rings. The zero-order valence-electron chi connectivity index (χ0n) is 31.0.